The zero-order chi connectivity index (χ0) is 10.5. The van der Waals surface area contributed by atoms with Crippen LogP contribution in [-0.4, -0.2) is 12.1 Å². The average Bonchev–Trinajstić information content (AvgIpc) is 2.79. The number of anilines is 1. The number of methoxy groups -OCH3 is 1. The van der Waals surface area contributed by atoms with Crippen LogP contribution in [0.1, 0.15) is 5.76 Å². The lowest BCUT2D eigenvalue weighted by Crippen LogP contribution is -2.00. The maximum Gasteiger partial charge on any atom is 0.180 e. The van der Waals surface area contributed by atoms with Crippen molar-refractivity contribution in [3.63, 3.8) is 0 Å². The van der Waals surface area contributed by atoms with E-state index >= 15 is 0 Å². The molecular weight excluding hydrogens is 192 g/mol. The predicted octanol–water partition coefficient (Wildman–Crippen LogP) is 2.30. The van der Waals surface area contributed by atoms with Crippen molar-refractivity contribution < 1.29 is 9.15 Å². The molecule has 0 saturated carbocycles. The van der Waals surface area contributed by atoms with E-state index in [-0.39, 0.29) is 0 Å². The third kappa shape index (κ3) is 2.28. The fourth-order valence-corrected chi connectivity index (χ4v) is 1.30. The molecule has 15 heavy (non-hydrogen) atoms. The highest BCUT2D eigenvalue weighted by atomic mass is 16.5. The maximum absolute atomic E-state index is 5.21. The van der Waals surface area contributed by atoms with E-state index in [4.69, 9.17) is 9.15 Å². The van der Waals surface area contributed by atoms with E-state index in [1.807, 2.05) is 24.3 Å². The lowest BCUT2D eigenvalue weighted by molar-refractivity contribution is 0.416. The fourth-order valence-electron chi connectivity index (χ4n) is 1.30. The van der Waals surface area contributed by atoms with E-state index in [0.717, 1.165) is 17.2 Å². The van der Waals surface area contributed by atoms with Crippen molar-refractivity contribution in [3.8, 4) is 5.75 Å². The lowest BCUT2D eigenvalue weighted by Gasteiger charge is -2.08. The van der Waals surface area contributed by atoms with Crippen LogP contribution in [0, 0.1) is 0 Å². The van der Waals surface area contributed by atoms with Crippen molar-refractivity contribution in [3.05, 3.63) is 42.6 Å². The molecule has 1 aromatic heterocycles. The van der Waals surface area contributed by atoms with Crippen LogP contribution >= 0.6 is 0 Å². The van der Waals surface area contributed by atoms with E-state index in [9.17, 15) is 0 Å². The minimum absolute atomic E-state index is 0.598. The van der Waals surface area contributed by atoms with Crippen LogP contribution in [0.15, 0.2) is 41.3 Å². The van der Waals surface area contributed by atoms with Gasteiger partial charge in [0.15, 0.2) is 6.39 Å². The molecular formula is C11H12N2O2. The number of nitrogens with one attached hydrogen (secondary N) is 1. The van der Waals surface area contributed by atoms with Crippen LogP contribution < -0.4 is 10.1 Å². The van der Waals surface area contributed by atoms with Crippen molar-refractivity contribution in [2.75, 3.05) is 12.4 Å². The van der Waals surface area contributed by atoms with Crippen LogP contribution in [0.5, 0.6) is 5.75 Å². The SMILES string of the molecule is COc1ccccc1NCc1cnco1. The first-order valence-electron chi connectivity index (χ1n) is 4.64. The number of hydrogen-bond donors (Lipinski definition) is 1. The van der Waals surface area contributed by atoms with Gasteiger partial charge >= 0.3 is 0 Å². The van der Waals surface area contributed by atoms with Gasteiger partial charge in [-0.1, -0.05) is 12.1 Å². The standard InChI is InChI=1S/C11H12N2O2/c1-14-11-5-3-2-4-10(11)13-7-9-6-12-8-15-9/h2-6,8,13H,7H2,1H3. The Hall–Kier alpha value is -1.97. The number of nitrogens with zero attached hydrogens (tertiary/aromatic N) is 1. The summed E-state index contributed by atoms with van der Waals surface area (Å²) in [6.45, 7) is 0.598. The molecule has 1 aromatic carbocycles. The molecule has 0 spiro atoms. The van der Waals surface area contributed by atoms with E-state index in [0.29, 0.717) is 6.54 Å². The second kappa shape index (κ2) is 4.50. The lowest BCUT2D eigenvalue weighted by atomic mass is 10.3. The summed E-state index contributed by atoms with van der Waals surface area (Å²) in [7, 11) is 1.65. The summed E-state index contributed by atoms with van der Waals surface area (Å²) in [6, 6.07) is 7.74. The number of hydrogen-bond acceptors (Lipinski definition) is 4. The number of para-hydroxylation sites is 2. The smallest absolute Gasteiger partial charge is 0.180 e. The Morgan fingerprint density at radius 1 is 1.40 bits per heavy atom. The molecule has 1 heterocycles. The Bertz CT molecular complexity index is 412. The zero-order valence-corrected chi connectivity index (χ0v) is 8.43. The molecule has 0 aliphatic rings. The summed E-state index contributed by atoms with van der Waals surface area (Å²) in [5, 5.41) is 3.21. The molecule has 4 nitrogen and oxygen atoms in total. The largest absolute Gasteiger partial charge is 0.495 e. The summed E-state index contributed by atoms with van der Waals surface area (Å²) in [4.78, 5) is 3.84. The molecule has 2 rings (SSSR count). The van der Waals surface area contributed by atoms with Crippen LogP contribution in [0.4, 0.5) is 5.69 Å². The molecule has 0 atom stereocenters. The number of ether oxygens (including phenoxy) is 1. The van der Waals surface area contributed by atoms with E-state index in [2.05, 4.69) is 10.3 Å². The normalized spacial score (nSPS) is 9.93. The summed E-state index contributed by atoms with van der Waals surface area (Å²) in [6.07, 6.45) is 3.10. The maximum atomic E-state index is 5.21. The van der Waals surface area contributed by atoms with E-state index in [1.54, 1.807) is 13.3 Å². The quantitative estimate of drug-likeness (QED) is 0.830. The Morgan fingerprint density at radius 3 is 3.00 bits per heavy atom. The third-order valence-corrected chi connectivity index (χ3v) is 2.04. The topological polar surface area (TPSA) is 47.3 Å². The Labute approximate surface area is 87.9 Å². The van der Waals surface area contributed by atoms with Gasteiger partial charge in [0.2, 0.25) is 0 Å². The second-order valence-corrected chi connectivity index (χ2v) is 3.02. The van der Waals surface area contributed by atoms with Crippen molar-refractivity contribution in [1.82, 2.24) is 4.98 Å². The van der Waals surface area contributed by atoms with Crippen molar-refractivity contribution in [2.45, 2.75) is 6.54 Å². The van der Waals surface area contributed by atoms with Gasteiger partial charge in [0.05, 0.1) is 25.5 Å². The van der Waals surface area contributed by atoms with Crippen LogP contribution in [-0.2, 0) is 6.54 Å². The molecule has 0 bridgehead atoms. The van der Waals surface area contributed by atoms with E-state index in [1.165, 1.54) is 6.39 Å². The molecule has 0 radical (unpaired) electrons. The van der Waals surface area contributed by atoms with Crippen molar-refractivity contribution in [1.29, 1.82) is 0 Å². The molecule has 0 saturated heterocycles. The van der Waals surface area contributed by atoms with Gasteiger partial charge in [-0.15, -0.1) is 0 Å². The molecule has 78 valence electrons. The van der Waals surface area contributed by atoms with Crippen LogP contribution in [0.3, 0.4) is 0 Å². The molecule has 0 aliphatic carbocycles. The second-order valence-electron chi connectivity index (χ2n) is 3.02. The first-order chi connectivity index (χ1) is 7.40. The van der Waals surface area contributed by atoms with Gasteiger partial charge in [0.1, 0.15) is 11.5 Å². The van der Waals surface area contributed by atoms with Gasteiger partial charge in [-0.05, 0) is 12.1 Å². The Kier molecular flexibility index (Phi) is 2.88. The highest BCUT2D eigenvalue weighted by molar-refractivity contribution is 5.56. The summed E-state index contributed by atoms with van der Waals surface area (Å²) in [5.41, 5.74) is 0.941. The Morgan fingerprint density at radius 2 is 2.27 bits per heavy atom. The molecule has 0 amide bonds. The third-order valence-electron chi connectivity index (χ3n) is 2.04. The highest BCUT2D eigenvalue weighted by Gasteiger charge is 2.01. The number of benzene rings is 1. The van der Waals surface area contributed by atoms with Gasteiger partial charge in [-0.25, -0.2) is 4.98 Å². The number of rotatable bonds is 4. The summed E-state index contributed by atoms with van der Waals surface area (Å²) < 4.78 is 10.3. The number of oxazole rings is 1. The molecule has 2 aromatic rings. The van der Waals surface area contributed by atoms with Crippen molar-refractivity contribution in [2.24, 2.45) is 0 Å². The monoisotopic (exact) mass is 204 g/mol. The minimum atomic E-state index is 0.598. The first kappa shape index (κ1) is 9.58. The predicted molar refractivity (Wildman–Crippen MR) is 56.8 cm³/mol. The van der Waals surface area contributed by atoms with Gasteiger partial charge in [0, 0.05) is 0 Å². The van der Waals surface area contributed by atoms with Gasteiger partial charge in [0.25, 0.3) is 0 Å². The molecule has 0 unspecified atom stereocenters. The van der Waals surface area contributed by atoms with E-state index < -0.39 is 0 Å². The molecule has 0 fully saturated rings. The number of aromatic nitrogens is 1. The molecule has 4 heteroatoms. The molecule has 0 aliphatic heterocycles. The van der Waals surface area contributed by atoms with Gasteiger partial charge in [-0.3, -0.25) is 0 Å². The first-order valence-corrected chi connectivity index (χ1v) is 4.64. The Balaban J connectivity index is 2.04. The summed E-state index contributed by atoms with van der Waals surface area (Å²) >= 11 is 0. The highest BCUT2D eigenvalue weighted by Crippen LogP contribution is 2.23. The van der Waals surface area contributed by atoms with Gasteiger partial charge < -0.3 is 14.5 Å². The average molecular weight is 204 g/mol. The van der Waals surface area contributed by atoms with Crippen LogP contribution in [0.25, 0.3) is 0 Å². The van der Waals surface area contributed by atoms with Crippen molar-refractivity contribution >= 4 is 5.69 Å². The zero-order valence-electron chi connectivity index (χ0n) is 8.43. The summed E-state index contributed by atoms with van der Waals surface area (Å²) in [5.74, 6) is 1.61. The van der Waals surface area contributed by atoms with Crippen LogP contribution in [0.2, 0.25) is 0 Å². The fraction of sp³-hybridized carbons (Fsp3) is 0.182. The van der Waals surface area contributed by atoms with Gasteiger partial charge in [-0.2, -0.15) is 0 Å². The molecule has 1 N–H and O–H groups in total. The minimum Gasteiger partial charge on any atom is -0.495 e.